The minimum Gasteiger partial charge on any atom is -0.508 e. The van der Waals surface area contributed by atoms with Crippen molar-refractivity contribution in [2.24, 2.45) is 0 Å². The molecule has 3 aromatic carbocycles. The second kappa shape index (κ2) is 10.4. The number of phenols is 2. The Hall–Kier alpha value is -3.22. The van der Waals surface area contributed by atoms with Gasteiger partial charge in [-0.1, -0.05) is 52.0 Å². The first-order valence-corrected chi connectivity index (χ1v) is 11.4. The first-order chi connectivity index (χ1) is 16.1. The van der Waals surface area contributed by atoms with Crippen molar-refractivity contribution in [3.63, 3.8) is 0 Å². The van der Waals surface area contributed by atoms with Crippen LogP contribution in [0.1, 0.15) is 49.9 Å². The molecule has 0 bridgehead atoms. The van der Waals surface area contributed by atoms with Gasteiger partial charge in [0.15, 0.2) is 0 Å². The summed E-state index contributed by atoms with van der Waals surface area (Å²) in [5, 5.41) is 38.3. The van der Waals surface area contributed by atoms with Crippen molar-refractivity contribution in [2.75, 3.05) is 26.4 Å². The van der Waals surface area contributed by atoms with Crippen LogP contribution in [0.25, 0.3) is 0 Å². The Morgan fingerprint density at radius 2 is 0.941 bits per heavy atom. The minimum absolute atomic E-state index is 0.124. The molecule has 34 heavy (non-hydrogen) atoms. The molecule has 0 radical (unpaired) electrons. The topological polar surface area (TPSA) is 99.4 Å². The van der Waals surface area contributed by atoms with Crippen LogP contribution in [0, 0.1) is 0 Å². The number of aliphatic hydroxyl groups excluding tert-OH is 2. The molecule has 0 heterocycles. The molecule has 3 rings (SSSR count). The fourth-order valence-electron chi connectivity index (χ4n) is 4.16. The Bertz CT molecular complexity index is 1000. The van der Waals surface area contributed by atoms with Gasteiger partial charge >= 0.3 is 0 Å². The zero-order chi connectivity index (χ0) is 24.9. The van der Waals surface area contributed by atoms with Crippen LogP contribution in [0.5, 0.6) is 23.0 Å². The van der Waals surface area contributed by atoms with E-state index in [2.05, 4.69) is 33.8 Å². The molecule has 6 nitrogen and oxygen atoms in total. The van der Waals surface area contributed by atoms with Crippen LogP contribution in [0.15, 0.2) is 60.7 Å². The molecule has 182 valence electrons. The molecular weight excluding hydrogens is 432 g/mol. The number of aromatic hydroxyl groups is 2. The third-order valence-electron chi connectivity index (χ3n) is 6.30. The molecule has 0 atom stereocenters. The van der Waals surface area contributed by atoms with Crippen molar-refractivity contribution in [2.45, 2.75) is 38.5 Å². The highest BCUT2D eigenvalue weighted by Crippen LogP contribution is 2.46. The molecule has 4 N–H and O–H groups in total. The van der Waals surface area contributed by atoms with E-state index in [0.717, 1.165) is 22.3 Å². The Balaban J connectivity index is 2.24. The van der Waals surface area contributed by atoms with Gasteiger partial charge in [0.25, 0.3) is 0 Å². The van der Waals surface area contributed by atoms with Crippen molar-refractivity contribution in [3.05, 3.63) is 82.9 Å². The van der Waals surface area contributed by atoms with Crippen molar-refractivity contribution in [3.8, 4) is 23.0 Å². The number of hydrogen-bond donors (Lipinski definition) is 4. The summed E-state index contributed by atoms with van der Waals surface area (Å²) in [5.74, 6) is 1.53. The molecule has 0 unspecified atom stereocenters. The van der Waals surface area contributed by atoms with Gasteiger partial charge in [0.1, 0.15) is 36.2 Å². The Morgan fingerprint density at radius 1 is 0.588 bits per heavy atom. The van der Waals surface area contributed by atoms with Gasteiger partial charge in [0, 0.05) is 28.0 Å². The summed E-state index contributed by atoms with van der Waals surface area (Å²) in [6.07, 6.45) is 0. The first kappa shape index (κ1) is 25.4. The summed E-state index contributed by atoms with van der Waals surface area (Å²) >= 11 is 0. The average Bonchev–Trinajstić information content (AvgIpc) is 2.81. The Morgan fingerprint density at radius 3 is 1.26 bits per heavy atom. The zero-order valence-electron chi connectivity index (χ0n) is 20.2. The number of phenolic OH excluding ortho intramolecular Hbond substituents is 2. The summed E-state index contributed by atoms with van der Waals surface area (Å²) in [4.78, 5) is 0. The number of ether oxygens (including phenoxy) is 2. The molecular formula is C28H34O6. The lowest BCUT2D eigenvalue weighted by atomic mass is 9.72. The van der Waals surface area contributed by atoms with E-state index in [-0.39, 0.29) is 37.9 Å². The smallest absolute Gasteiger partial charge is 0.127 e. The van der Waals surface area contributed by atoms with Crippen LogP contribution >= 0.6 is 0 Å². The highest BCUT2D eigenvalue weighted by molar-refractivity contribution is 5.57. The summed E-state index contributed by atoms with van der Waals surface area (Å²) in [7, 11) is 0. The van der Waals surface area contributed by atoms with Gasteiger partial charge in [-0.15, -0.1) is 0 Å². The predicted molar refractivity (Wildman–Crippen MR) is 132 cm³/mol. The lowest BCUT2D eigenvalue weighted by molar-refractivity contribution is 0.191. The highest BCUT2D eigenvalue weighted by atomic mass is 16.5. The quantitative estimate of drug-likeness (QED) is 0.351. The molecule has 0 spiro atoms. The molecule has 0 aliphatic carbocycles. The first-order valence-electron chi connectivity index (χ1n) is 11.4. The van der Waals surface area contributed by atoms with Gasteiger partial charge in [-0.3, -0.25) is 0 Å². The van der Waals surface area contributed by atoms with Crippen molar-refractivity contribution < 1.29 is 29.9 Å². The fourth-order valence-corrected chi connectivity index (χ4v) is 4.16. The zero-order valence-corrected chi connectivity index (χ0v) is 20.2. The third kappa shape index (κ3) is 5.29. The standard InChI is InChI=1S/C28H34O6/c1-27(2,19-5-9-21(31)10-6-19)23-17-24(28(3,4)20-7-11-22(32)12-8-20)26(34-16-14-30)18-25(23)33-15-13-29/h5-12,17-18,29-32H,13-16H2,1-4H3. The Kier molecular flexibility index (Phi) is 7.75. The van der Waals surface area contributed by atoms with E-state index in [1.807, 2.05) is 30.3 Å². The monoisotopic (exact) mass is 466 g/mol. The van der Waals surface area contributed by atoms with Crippen LogP contribution in [0.2, 0.25) is 0 Å². The van der Waals surface area contributed by atoms with E-state index >= 15 is 0 Å². The third-order valence-corrected chi connectivity index (χ3v) is 6.30. The van der Waals surface area contributed by atoms with Crippen LogP contribution < -0.4 is 9.47 Å². The summed E-state index contributed by atoms with van der Waals surface area (Å²) in [5.41, 5.74) is 2.74. The summed E-state index contributed by atoms with van der Waals surface area (Å²) in [6, 6.07) is 18.0. The number of hydrogen-bond acceptors (Lipinski definition) is 6. The average molecular weight is 467 g/mol. The van der Waals surface area contributed by atoms with Gasteiger partial charge in [0.05, 0.1) is 13.2 Å². The van der Waals surface area contributed by atoms with Gasteiger partial charge in [-0.2, -0.15) is 0 Å². The van der Waals surface area contributed by atoms with E-state index in [9.17, 15) is 20.4 Å². The molecule has 0 amide bonds. The molecule has 0 aromatic heterocycles. The minimum atomic E-state index is -0.506. The van der Waals surface area contributed by atoms with Crippen LogP contribution in [-0.4, -0.2) is 46.9 Å². The molecule has 0 aliphatic heterocycles. The van der Waals surface area contributed by atoms with Crippen LogP contribution in [0.3, 0.4) is 0 Å². The SMILES string of the molecule is CC(C)(c1ccc(O)cc1)c1cc(C(C)(C)c2ccc(O)cc2)c(OCCO)cc1OCCO. The maximum Gasteiger partial charge on any atom is 0.127 e. The number of rotatable bonds is 10. The van der Waals surface area contributed by atoms with E-state index in [1.54, 1.807) is 24.3 Å². The summed E-state index contributed by atoms with van der Waals surface area (Å²) < 4.78 is 11.9. The highest BCUT2D eigenvalue weighted by Gasteiger charge is 2.33. The largest absolute Gasteiger partial charge is 0.508 e. The second-order valence-electron chi connectivity index (χ2n) is 9.33. The second-order valence-corrected chi connectivity index (χ2v) is 9.33. The molecule has 0 saturated carbocycles. The lowest BCUT2D eigenvalue weighted by Gasteiger charge is -2.34. The maximum absolute atomic E-state index is 9.77. The Labute approximate surface area is 201 Å². The molecule has 0 fully saturated rings. The van der Waals surface area contributed by atoms with E-state index in [1.165, 1.54) is 0 Å². The van der Waals surface area contributed by atoms with Gasteiger partial charge in [-0.25, -0.2) is 0 Å². The van der Waals surface area contributed by atoms with E-state index in [0.29, 0.717) is 11.5 Å². The van der Waals surface area contributed by atoms with Crippen molar-refractivity contribution in [1.82, 2.24) is 0 Å². The molecule has 6 heteroatoms. The van der Waals surface area contributed by atoms with Crippen LogP contribution in [0.4, 0.5) is 0 Å². The van der Waals surface area contributed by atoms with Gasteiger partial charge in [0.2, 0.25) is 0 Å². The van der Waals surface area contributed by atoms with E-state index < -0.39 is 10.8 Å². The summed E-state index contributed by atoms with van der Waals surface area (Å²) in [6.45, 7) is 8.29. The van der Waals surface area contributed by atoms with E-state index in [4.69, 9.17) is 9.47 Å². The molecule has 3 aromatic rings. The lowest BCUT2D eigenvalue weighted by Crippen LogP contribution is -2.25. The molecule has 0 saturated heterocycles. The van der Waals surface area contributed by atoms with Gasteiger partial charge in [-0.05, 0) is 41.5 Å². The number of benzene rings is 3. The maximum atomic E-state index is 9.77. The molecule has 0 aliphatic rings. The van der Waals surface area contributed by atoms with Gasteiger partial charge < -0.3 is 29.9 Å². The normalized spacial score (nSPS) is 11.9. The van der Waals surface area contributed by atoms with Crippen molar-refractivity contribution in [1.29, 1.82) is 0 Å². The number of aliphatic hydroxyl groups is 2. The fraction of sp³-hybridized carbons (Fsp3) is 0.357. The predicted octanol–water partition coefficient (Wildman–Crippen LogP) is 4.49. The van der Waals surface area contributed by atoms with Crippen LogP contribution in [-0.2, 0) is 10.8 Å². The van der Waals surface area contributed by atoms with Crippen molar-refractivity contribution >= 4 is 0 Å².